The average Bonchev–Trinajstić information content (AvgIpc) is 3.44. The van der Waals surface area contributed by atoms with Gasteiger partial charge in [-0.05, 0) is 43.4 Å². The van der Waals surface area contributed by atoms with Crippen LogP contribution in [0.15, 0.2) is 35.0 Å². The van der Waals surface area contributed by atoms with E-state index in [4.69, 9.17) is 4.52 Å². The minimum atomic E-state index is -4.62. The van der Waals surface area contributed by atoms with E-state index in [0.29, 0.717) is 42.8 Å². The highest BCUT2D eigenvalue weighted by molar-refractivity contribution is 5.86. The van der Waals surface area contributed by atoms with Crippen molar-refractivity contribution in [2.45, 2.75) is 38.9 Å². The number of rotatable bonds is 5. The number of aryl methyl sites for hydroxylation is 2. The number of nitrogens with zero attached hydrogens (tertiary/aromatic N) is 4. The van der Waals surface area contributed by atoms with Crippen molar-refractivity contribution in [3.63, 3.8) is 0 Å². The van der Waals surface area contributed by atoms with E-state index in [9.17, 15) is 18.0 Å². The second kappa shape index (κ2) is 9.86. The Morgan fingerprint density at radius 2 is 2.00 bits per heavy atom. The third kappa shape index (κ3) is 4.90. The zero-order valence-electron chi connectivity index (χ0n) is 21.6. The summed E-state index contributed by atoms with van der Waals surface area (Å²) in [4.78, 5) is 22.3. The fourth-order valence-electron chi connectivity index (χ4n) is 5.27. The zero-order chi connectivity index (χ0) is 27.2. The van der Waals surface area contributed by atoms with Crippen LogP contribution in [0.5, 0.6) is 0 Å². The van der Waals surface area contributed by atoms with Crippen LogP contribution in [0.4, 0.5) is 19.1 Å². The van der Waals surface area contributed by atoms with Crippen LogP contribution >= 0.6 is 0 Å². The van der Waals surface area contributed by atoms with Crippen LogP contribution in [0, 0.1) is 19.8 Å². The summed E-state index contributed by atoms with van der Waals surface area (Å²) in [6, 6.07) is 5.46. The summed E-state index contributed by atoms with van der Waals surface area (Å²) in [7, 11) is 3.41. The first-order valence-electron chi connectivity index (χ1n) is 12.4. The molecule has 2 aliphatic rings. The fourth-order valence-corrected chi connectivity index (χ4v) is 5.27. The smallest absolute Gasteiger partial charge is 0.361 e. The molecule has 1 aromatic carbocycles. The van der Waals surface area contributed by atoms with Crippen LogP contribution in [-0.4, -0.2) is 59.2 Å². The van der Waals surface area contributed by atoms with Gasteiger partial charge in [-0.15, -0.1) is 0 Å². The zero-order valence-corrected chi connectivity index (χ0v) is 21.6. The molecule has 2 aromatic heterocycles. The lowest BCUT2D eigenvalue weighted by atomic mass is 9.94. The van der Waals surface area contributed by atoms with Crippen LogP contribution in [0.2, 0.25) is 0 Å². The van der Waals surface area contributed by atoms with Crippen LogP contribution in [0.1, 0.15) is 40.3 Å². The lowest BCUT2D eigenvalue weighted by Gasteiger charge is -2.31. The molecule has 1 fully saturated rings. The van der Waals surface area contributed by atoms with E-state index in [1.807, 2.05) is 32.0 Å². The SMILES string of the molecule is Cc1noc(C)c1-c1ccc2c(c1)CC=C2c1nc(N[C@@H]2CNC[C@H](C(=O)N(C)C)C2)ncc1C(F)(F)F. The number of carbonyl (C=O) groups is 1. The first-order valence-corrected chi connectivity index (χ1v) is 12.4. The highest BCUT2D eigenvalue weighted by Crippen LogP contribution is 2.41. The Morgan fingerprint density at radius 1 is 1.21 bits per heavy atom. The fraction of sp³-hybridized carbons (Fsp3) is 0.407. The number of alkyl halides is 3. The summed E-state index contributed by atoms with van der Waals surface area (Å²) in [6.45, 7) is 4.78. The molecule has 1 amide bonds. The minimum Gasteiger partial charge on any atom is -0.361 e. The number of fused-ring (bicyclic) bond motifs is 1. The number of carbonyl (C=O) groups excluding carboxylic acids is 1. The predicted octanol–water partition coefficient (Wildman–Crippen LogP) is 4.23. The Balaban J connectivity index is 1.45. The largest absolute Gasteiger partial charge is 0.419 e. The Bertz CT molecular complexity index is 1390. The van der Waals surface area contributed by atoms with Crippen LogP contribution in [0.3, 0.4) is 0 Å². The summed E-state index contributed by atoms with van der Waals surface area (Å²) < 4.78 is 47.4. The number of hydrogen-bond donors (Lipinski definition) is 2. The van der Waals surface area contributed by atoms with Crippen molar-refractivity contribution < 1.29 is 22.5 Å². The summed E-state index contributed by atoms with van der Waals surface area (Å²) in [5, 5.41) is 10.4. The predicted molar refractivity (Wildman–Crippen MR) is 136 cm³/mol. The molecule has 0 bridgehead atoms. The molecular weight excluding hydrogens is 497 g/mol. The normalized spacial score (nSPS) is 19.2. The van der Waals surface area contributed by atoms with Crippen LogP contribution < -0.4 is 10.6 Å². The molecule has 0 saturated carbocycles. The maximum absolute atomic E-state index is 14.0. The van der Waals surface area contributed by atoms with E-state index < -0.39 is 11.7 Å². The third-order valence-corrected chi connectivity index (χ3v) is 7.07. The number of halogens is 3. The van der Waals surface area contributed by atoms with Gasteiger partial charge in [0.1, 0.15) is 11.3 Å². The van der Waals surface area contributed by atoms with E-state index in [1.54, 1.807) is 25.1 Å². The molecule has 3 heterocycles. The maximum atomic E-state index is 14.0. The van der Waals surface area contributed by atoms with Crippen molar-refractivity contribution in [3.8, 4) is 11.1 Å². The minimum absolute atomic E-state index is 0.00158. The van der Waals surface area contributed by atoms with Gasteiger partial charge in [0.15, 0.2) is 0 Å². The molecule has 2 N–H and O–H groups in total. The molecule has 11 heteroatoms. The van der Waals surface area contributed by atoms with Gasteiger partial charge in [-0.2, -0.15) is 13.2 Å². The number of amides is 1. The van der Waals surface area contributed by atoms with Crippen molar-refractivity contribution in [2.75, 3.05) is 32.5 Å². The molecule has 8 nitrogen and oxygen atoms in total. The lowest BCUT2D eigenvalue weighted by molar-refractivity contribution is -0.138. The number of anilines is 1. The van der Waals surface area contributed by atoms with E-state index in [0.717, 1.165) is 28.6 Å². The first kappa shape index (κ1) is 25.9. The van der Waals surface area contributed by atoms with Crippen molar-refractivity contribution in [1.82, 2.24) is 25.3 Å². The Kier molecular flexibility index (Phi) is 6.72. The molecule has 3 aromatic rings. The molecule has 200 valence electrons. The van der Waals surface area contributed by atoms with Gasteiger partial charge in [0.2, 0.25) is 11.9 Å². The van der Waals surface area contributed by atoms with Crippen molar-refractivity contribution >= 4 is 17.4 Å². The van der Waals surface area contributed by atoms with Gasteiger partial charge in [0, 0.05) is 50.6 Å². The number of allylic oxidation sites excluding steroid dienone is 1. The first-order chi connectivity index (χ1) is 18.0. The highest BCUT2D eigenvalue weighted by atomic mass is 19.4. The Hall–Kier alpha value is -3.73. The highest BCUT2D eigenvalue weighted by Gasteiger charge is 2.37. The summed E-state index contributed by atoms with van der Waals surface area (Å²) in [5.74, 6) is 0.550. The molecule has 1 aliphatic heterocycles. The summed E-state index contributed by atoms with van der Waals surface area (Å²) >= 11 is 0. The van der Waals surface area contributed by atoms with Gasteiger partial charge >= 0.3 is 6.18 Å². The van der Waals surface area contributed by atoms with Crippen molar-refractivity contribution in [1.29, 1.82) is 0 Å². The van der Waals surface area contributed by atoms with Crippen LogP contribution in [0.25, 0.3) is 16.7 Å². The van der Waals surface area contributed by atoms with Gasteiger partial charge < -0.3 is 20.1 Å². The second-order valence-corrected chi connectivity index (χ2v) is 10.0. The molecule has 0 radical (unpaired) electrons. The monoisotopic (exact) mass is 526 g/mol. The Labute approximate surface area is 218 Å². The summed E-state index contributed by atoms with van der Waals surface area (Å²) in [5.41, 5.74) is 3.52. The molecular formula is C27H29F3N6O2. The second-order valence-electron chi connectivity index (χ2n) is 10.0. The molecule has 38 heavy (non-hydrogen) atoms. The van der Waals surface area contributed by atoms with Crippen molar-refractivity contribution in [2.24, 2.45) is 5.92 Å². The van der Waals surface area contributed by atoms with E-state index in [-0.39, 0.29) is 29.5 Å². The topological polar surface area (TPSA) is 96.2 Å². The number of nitrogens with one attached hydrogen (secondary N) is 2. The van der Waals surface area contributed by atoms with Gasteiger partial charge in [-0.25, -0.2) is 9.97 Å². The van der Waals surface area contributed by atoms with Gasteiger partial charge in [-0.1, -0.05) is 29.4 Å². The molecule has 5 rings (SSSR count). The number of piperidine rings is 1. The lowest BCUT2D eigenvalue weighted by Crippen LogP contribution is -2.48. The Morgan fingerprint density at radius 3 is 2.68 bits per heavy atom. The third-order valence-electron chi connectivity index (χ3n) is 7.07. The van der Waals surface area contributed by atoms with Crippen molar-refractivity contribution in [3.05, 3.63) is 64.3 Å². The van der Waals surface area contributed by atoms with Crippen LogP contribution in [-0.2, 0) is 17.4 Å². The molecule has 0 spiro atoms. The molecule has 1 aliphatic carbocycles. The standard InChI is InChI=1S/C27H29F3N6O2/c1-14-23(15(2)38-35-14)17-6-7-20-16(9-17)5-8-21(20)24-22(27(28,29)30)13-32-26(34-24)33-19-10-18(11-31-12-19)25(37)36(3)4/h6-9,13,18-19,31H,5,10-12H2,1-4H3,(H,32,33,34)/t18-,19+/m1/s1. The quantitative estimate of drug-likeness (QED) is 0.514. The van der Waals surface area contributed by atoms with Gasteiger partial charge in [-0.3, -0.25) is 4.79 Å². The number of benzene rings is 1. The summed E-state index contributed by atoms with van der Waals surface area (Å²) in [6.07, 6.45) is -1.01. The maximum Gasteiger partial charge on any atom is 0.419 e. The van der Waals surface area contributed by atoms with E-state index >= 15 is 0 Å². The molecule has 0 unspecified atom stereocenters. The average molecular weight is 527 g/mol. The van der Waals surface area contributed by atoms with Gasteiger partial charge in [0.05, 0.1) is 17.3 Å². The molecule has 2 atom stereocenters. The van der Waals surface area contributed by atoms with Gasteiger partial charge in [0.25, 0.3) is 0 Å². The van der Waals surface area contributed by atoms with E-state index in [1.165, 1.54) is 0 Å². The molecule has 1 saturated heterocycles. The number of hydrogen-bond acceptors (Lipinski definition) is 7. The van der Waals surface area contributed by atoms with E-state index in [2.05, 4.69) is 25.8 Å². The number of aromatic nitrogens is 3.